The van der Waals surface area contributed by atoms with Crippen LogP contribution in [0.3, 0.4) is 0 Å². The molecule has 0 fully saturated rings. The predicted molar refractivity (Wildman–Crippen MR) is 82.1 cm³/mol. The molecule has 5 heteroatoms. The number of nitrogens with zero attached hydrogens (tertiary/aromatic N) is 1. The minimum Gasteiger partial charge on any atom is -0.372 e. The highest BCUT2D eigenvalue weighted by molar-refractivity contribution is 6.31. The zero-order valence-electron chi connectivity index (χ0n) is 11.4. The number of hydrogen-bond acceptors (Lipinski definition) is 2. The molecule has 108 valence electrons. The first kappa shape index (κ1) is 13.9. The summed E-state index contributed by atoms with van der Waals surface area (Å²) >= 11 is 6.07. The number of nitrogens with one attached hydrogen (secondary N) is 1. The lowest BCUT2D eigenvalue weighted by Crippen LogP contribution is -2.45. The van der Waals surface area contributed by atoms with Gasteiger partial charge in [0, 0.05) is 10.6 Å². The SMILES string of the molecule is CC1Nc2ccccc2N(Cc2c(F)cccc2Cl)C1=O. The normalized spacial score (nSPS) is 17.4. The van der Waals surface area contributed by atoms with Gasteiger partial charge in [0.05, 0.1) is 17.9 Å². The smallest absolute Gasteiger partial charge is 0.249 e. The largest absolute Gasteiger partial charge is 0.372 e. The standard InChI is InChI=1S/C16H14ClFN2O/c1-10-16(21)20(15-8-3-2-7-14(15)19-10)9-11-12(17)5-4-6-13(11)18/h2-8,10,19H,9H2,1H3. The number of fused-ring (bicyclic) bond motifs is 1. The summed E-state index contributed by atoms with van der Waals surface area (Å²) in [6, 6.07) is 11.6. The van der Waals surface area contributed by atoms with Gasteiger partial charge in [-0.3, -0.25) is 4.79 Å². The molecule has 0 spiro atoms. The van der Waals surface area contributed by atoms with E-state index in [1.165, 1.54) is 6.07 Å². The number of anilines is 2. The van der Waals surface area contributed by atoms with Gasteiger partial charge in [0.15, 0.2) is 0 Å². The number of amides is 1. The van der Waals surface area contributed by atoms with E-state index in [1.54, 1.807) is 24.0 Å². The molecule has 1 aliphatic heterocycles. The van der Waals surface area contributed by atoms with Crippen molar-refractivity contribution in [3.8, 4) is 0 Å². The van der Waals surface area contributed by atoms with Gasteiger partial charge in [-0.15, -0.1) is 0 Å². The highest BCUT2D eigenvalue weighted by Crippen LogP contribution is 2.33. The second kappa shape index (κ2) is 5.37. The van der Waals surface area contributed by atoms with Gasteiger partial charge < -0.3 is 10.2 Å². The third-order valence-electron chi connectivity index (χ3n) is 3.58. The maximum Gasteiger partial charge on any atom is 0.249 e. The van der Waals surface area contributed by atoms with Gasteiger partial charge >= 0.3 is 0 Å². The van der Waals surface area contributed by atoms with Gasteiger partial charge in [0.2, 0.25) is 5.91 Å². The van der Waals surface area contributed by atoms with Crippen LogP contribution in [-0.2, 0) is 11.3 Å². The maximum absolute atomic E-state index is 14.0. The highest BCUT2D eigenvalue weighted by atomic mass is 35.5. The Morgan fingerprint density at radius 2 is 2.00 bits per heavy atom. The number of hydrogen-bond donors (Lipinski definition) is 1. The number of carbonyl (C=O) groups is 1. The lowest BCUT2D eigenvalue weighted by atomic mass is 10.1. The van der Waals surface area contributed by atoms with Crippen molar-refractivity contribution in [2.45, 2.75) is 19.5 Å². The van der Waals surface area contributed by atoms with Gasteiger partial charge in [-0.1, -0.05) is 29.8 Å². The first-order valence-corrected chi connectivity index (χ1v) is 7.05. The molecule has 1 unspecified atom stereocenters. The van der Waals surface area contributed by atoms with Crippen LogP contribution in [0.5, 0.6) is 0 Å². The van der Waals surface area contributed by atoms with Crippen LogP contribution in [0.25, 0.3) is 0 Å². The van der Waals surface area contributed by atoms with Gasteiger partial charge in [0.1, 0.15) is 11.9 Å². The Morgan fingerprint density at radius 3 is 2.76 bits per heavy atom. The quantitative estimate of drug-likeness (QED) is 0.914. The Morgan fingerprint density at radius 1 is 1.24 bits per heavy atom. The van der Waals surface area contributed by atoms with Crippen molar-refractivity contribution in [3.63, 3.8) is 0 Å². The first-order chi connectivity index (χ1) is 10.1. The average molecular weight is 305 g/mol. The second-order valence-electron chi connectivity index (χ2n) is 5.01. The third-order valence-corrected chi connectivity index (χ3v) is 3.94. The minimum atomic E-state index is -0.404. The van der Waals surface area contributed by atoms with Crippen molar-refractivity contribution in [2.24, 2.45) is 0 Å². The number of benzene rings is 2. The van der Waals surface area contributed by atoms with E-state index in [0.717, 1.165) is 11.4 Å². The van der Waals surface area contributed by atoms with E-state index in [0.29, 0.717) is 10.6 Å². The van der Waals surface area contributed by atoms with Gasteiger partial charge in [0.25, 0.3) is 0 Å². The van der Waals surface area contributed by atoms with Gasteiger partial charge in [-0.25, -0.2) is 4.39 Å². The molecule has 0 saturated carbocycles. The summed E-state index contributed by atoms with van der Waals surface area (Å²) in [4.78, 5) is 14.0. The molecule has 3 nitrogen and oxygen atoms in total. The van der Waals surface area contributed by atoms with E-state index in [1.807, 2.05) is 24.3 Å². The van der Waals surface area contributed by atoms with E-state index < -0.39 is 5.82 Å². The molecule has 2 aromatic rings. The van der Waals surface area contributed by atoms with Crippen molar-refractivity contribution in [1.29, 1.82) is 0 Å². The second-order valence-corrected chi connectivity index (χ2v) is 5.41. The molecule has 0 radical (unpaired) electrons. The number of carbonyl (C=O) groups excluding carboxylic acids is 1. The van der Waals surface area contributed by atoms with Crippen LogP contribution in [-0.4, -0.2) is 11.9 Å². The highest BCUT2D eigenvalue weighted by Gasteiger charge is 2.30. The fourth-order valence-electron chi connectivity index (χ4n) is 2.48. The monoisotopic (exact) mass is 304 g/mol. The molecule has 3 rings (SSSR count). The maximum atomic E-state index is 14.0. The minimum absolute atomic E-state index is 0.104. The molecule has 0 aromatic heterocycles. The van der Waals surface area contributed by atoms with Crippen LogP contribution < -0.4 is 10.2 Å². The topological polar surface area (TPSA) is 32.3 Å². The summed E-state index contributed by atoms with van der Waals surface area (Å²) in [6.45, 7) is 1.90. The zero-order valence-corrected chi connectivity index (χ0v) is 12.2. The lowest BCUT2D eigenvalue weighted by Gasteiger charge is -2.34. The summed E-state index contributed by atoms with van der Waals surface area (Å²) < 4.78 is 14.0. The predicted octanol–water partition coefficient (Wildman–Crippen LogP) is 3.83. The molecule has 1 aliphatic rings. The average Bonchev–Trinajstić information content (AvgIpc) is 2.46. The summed E-state index contributed by atoms with van der Waals surface area (Å²) in [5.41, 5.74) is 1.92. The Kier molecular flexibility index (Phi) is 3.55. The summed E-state index contributed by atoms with van der Waals surface area (Å²) in [6.07, 6.45) is 0. The number of para-hydroxylation sites is 2. The van der Waals surface area contributed by atoms with Crippen molar-refractivity contribution in [3.05, 3.63) is 58.9 Å². The van der Waals surface area contributed by atoms with E-state index in [4.69, 9.17) is 11.6 Å². The Bertz CT molecular complexity index is 684. The van der Waals surface area contributed by atoms with Crippen LogP contribution in [0.2, 0.25) is 5.02 Å². The first-order valence-electron chi connectivity index (χ1n) is 6.68. The van der Waals surface area contributed by atoms with Crippen LogP contribution >= 0.6 is 11.6 Å². The molecule has 1 atom stereocenters. The molecule has 0 aliphatic carbocycles. The molecular formula is C16H14ClFN2O. The van der Waals surface area contributed by atoms with Gasteiger partial charge in [-0.05, 0) is 31.2 Å². The summed E-state index contributed by atoms with van der Waals surface area (Å²) in [5.74, 6) is -0.507. The molecule has 0 saturated heterocycles. The van der Waals surface area contributed by atoms with E-state index in [2.05, 4.69) is 5.32 Å². The van der Waals surface area contributed by atoms with Crippen LogP contribution in [0, 0.1) is 5.82 Å². The van der Waals surface area contributed by atoms with E-state index in [-0.39, 0.29) is 18.5 Å². The molecule has 0 bridgehead atoms. The van der Waals surface area contributed by atoms with E-state index >= 15 is 0 Å². The van der Waals surface area contributed by atoms with Crippen molar-refractivity contribution >= 4 is 28.9 Å². The van der Waals surface area contributed by atoms with Gasteiger partial charge in [-0.2, -0.15) is 0 Å². The lowest BCUT2D eigenvalue weighted by molar-refractivity contribution is -0.119. The van der Waals surface area contributed by atoms with E-state index in [9.17, 15) is 9.18 Å². The summed E-state index contributed by atoms with van der Waals surface area (Å²) in [5, 5.41) is 3.46. The molecule has 21 heavy (non-hydrogen) atoms. The van der Waals surface area contributed by atoms with Crippen molar-refractivity contribution in [1.82, 2.24) is 0 Å². The molecule has 2 aromatic carbocycles. The molecule has 1 N–H and O–H groups in total. The fraction of sp³-hybridized carbons (Fsp3) is 0.188. The van der Waals surface area contributed by atoms with Crippen LogP contribution in [0.1, 0.15) is 12.5 Å². The fourth-order valence-corrected chi connectivity index (χ4v) is 2.71. The molecule has 1 amide bonds. The summed E-state index contributed by atoms with van der Waals surface area (Å²) in [7, 11) is 0. The molecule has 1 heterocycles. The number of rotatable bonds is 2. The van der Waals surface area contributed by atoms with Crippen molar-refractivity contribution < 1.29 is 9.18 Å². The van der Waals surface area contributed by atoms with Crippen LogP contribution in [0.4, 0.5) is 15.8 Å². The van der Waals surface area contributed by atoms with Crippen LogP contribution in [0.15, 0.2) is 42.5 Å². The number of halogens is 2. The van der Waals surface area contributed by atoms with Crippen molar-refractivity contribution in [2.75, 3.05) is 10.2 Å². The Labute approximate surface area is 127 Å². The Balaban J connectivity index is 2.03. The zero-order chi connectivity index (χ0) is 15.0. The molecular weight excluding hydrogens is 291 g/mol. The third kappa shape index (κ3) is 2.47. The Hall–Kier alpha value is -2.07.